The highest BCUT2D eigenvalue weighted by atomic mass is 16.7. The molecule has 1 fully saturated rings. The molecule has 0 amide bonds. The number of hydrogen-bond acceptors (Lipinski definition) is 3. The van der Waals surface area contributed by atoms with Gasteiger partial charge in [-0.05, 0) is 19.3 Å². The minimum atomic E-state index is -0.142. The number of carbonyl (C=O) groups excluding carboxylic acids is 1. The fraction of sp³-hybridized carbons (Fsp3) is 0.818. The van der Waals surface area contributed by atoms with Gasteiger partial charge in [0.25, 0.3) is 0 Å². The second kappa shape index (κ2) is 6.57. The molecule has 3 heteroatoms. The van der Waals surface area contributed by atoms with E-state index in [9.17, 15) is 4.79 Å². The van der Waals surface area contributed by atoms with Crippen LogP contribution >= 0.6 is 0 Å². The molecule has 80 valence electrons. The molecule has 0 aromatic carbocycles. The van der Waals surface area contributed by atoms with Gasteiger partial charge in [-0.2, -0.15) is 0 Å². The van der Waals surface area contributed by atoms with Gasteiger partial charge in [0.1, 0.15) is 0 Å². The summed E-state index contributed by atoms with van der Waals surface area (Å²) in [5.74, 6) is -0.0421. The molecule has 0 heterocycles. The Morgan fingerprint density at radius 2 is 2.14 bits per heavy atom. The molecule has 0 N–H and O–H groups in total. The molecule has 1 saturated carbocycles. The van der Waals surface area contributed by atoms with Gasteiger partial charge in [-0.25, -0.2) is 4.79 Å². The van der Waals surface area contributed by atoms with Gasteiger partial charge in [-0.1, -0.05) is 37.8 Å². The van der Waals surface area contributed by atoms with Crippen molar-refractivity contribution in [2.24, 2.45) is 11.1 Å². The molecule has 1 aliphatic carbocycles. The lowest BCUT2D eigenvalue weighted by Gasteiger charge is -2.17. The van der Waals surface area contributed by atoms with Gasteiger partial charge < -0.3 is 4.84 Å². The Kier molecular flexibility index (Phi) is 5.27. The van der Waals surface area contributed by atoms with Gasteiger partial charge in [-0.15, -0.1) is 0 Å². The third kappa shape index (κ3) is 3.90. The summed E-state index contributed by atoms with van der Waals surface area (Å²) in [6.45, 7) is 2.06. The number of rotatable bonds is 4. The highest BCUT2D eigenvalue weighted by Gasteiger charge is 2.22. The SMILES string of the molecule is CCC/C=N/OC(=O)C1CCCCC1. The van der Waals surface area contributed by atoms with Crippen molar-refractivity contribution in [3.05, 3.63) is 0 Å². The maximum absolute atomic E-state index is 11.4. The van der Waals surface area contributed by atoms with Crippen LogP contribution in [0.15, 0.2) is 5.16 Å². The van der Waals surface area contributed by atoms with E-state index in [1.807, 2.05) is 0 Å². The zero-order valence-corrected chi connectivity index (χ0v) is 8.87. The van der Waals surface area contributed by atoms with Crippen molar-refractivity contribution in [1.29, 1.82) is 0 Å². The van der Waals surface area contributed by atoms with Gasteiger partial charge >= 0.3 is 5.97 Å². The first kappa shape index (κ1) is 11.2. The Labute approximate surface area is 85.5 Å². The van der Waals surface area contributed by atoms with E-state index in [1.54, 1.807) is 6.21 Å². The number of unbranched alkanes of at least 4 members (excludes halogenated alkanes) is 1. The van der Waals surface area contributed by atoms with Crippen LogP contribution in [0.1, 0.15) is 51.9 Å². The molecule has 0 radical (unpaired) electrons. The zero-order chi connectivity index (χ0) is 10.2. The van der Waals surface area contributed by atoms with Gasteiger partial charge in [-0.3, -0.25) is 0 Å². The smallest absolute Gasteiger partial charge is 0.318 e. The molecular formula is C11H19NO2. The van der Waals surface area contributed by atoms with Crippen LogP contribution in [0.5, 0.6) is 0 Å². The summed E-state index contributed by atoms with van der Waals surface area (Å²) in [7, 11) is 0. The van der Waals surface area contributed by atoms with Crippen LogP contribution in [0, 0.1) is 5.92 Å². The first-order valence-corrected chi connectivity index (χ1v) is 5.57. The molecule has 1 rings (SSSR count). The molecule has 0 aromatic rings. The van der Waals surface area contributed by atoms with Crippen LogP contribution in [0.3, 0.4) is 0 Å². The van der Waals surface area contributed by atoms with Crippen molar-refractivity contribution in [2.45, 2.75) is 51.9 Å². The van der Waals surface area contributed by atoms with Crippen LogP contribution in [0.25, 0.3) is 0 Å². The Morgan fingerprint density at radius 1 is 1.43 bits per heavy atom. The second-order valence-electron chi connectivity index (χ2n) is 3.82. The number of nitrogens with zero attached hydrogens (tertiary/aromatic N) is 1. The first-order valence-electron chi connectivity index (χ1n) is 5.57. The molecule has 0 spiro atoms. The third-order valence-electron chi connectivity index (χ3n) is 2.57. The van der Waals surface area contributed by atoms with Crippen LogP contribution in [0.4, 0.5) is 0 Å². The van der Waals surface area contributed by atoms with E-state index < -0.39 is 0 Å². The summed E-state index contributed by atoms with van der Waals surface area (Å²) in [4.78, 5) is 16.2. The highest BCUT2D eigenvalue weighted by molar-refractivity contribution is 5.73. The van der Waals surface area contributed by atoms with Crippen LogP contribution < -0.4 is 0 Å². The van der Waals surface area contributed by atoms with Crippen molar-refractivity contribution < 1.29 is 9.63 Å². The Hall–Kier alpha value is -0.860. The van der Waals surface area contributed by atoms with E-state index in [1.165, 1.54) is 6.42 Å². The van der Waals surface area contributed by atoms with Crippen LogP contribution in [0.2, 0.25) is 0 Å². The standard InChI is InChI=1S/C11H19NO2/c1-2-3-9-12-14-11(13)10-7-5-4-6-8-10/h9-10H,2-8H2,1H3/b12-9+. The highest BCUT2D eigenvalue weighted by Crippen LogP contribution is 2.24. The normalized spacial score (nSPS) is 18.6. The van der Waals surface area contributed by atoms with E-state index in [4.69, 9.17) is 4.84 Å². The fourth-order valence-corrected chi connectivity index (χ4v) is 1.68. The molecule has 0 aliphatic heterocycles. The summed E-state index contributed by atoms with van der Waals surface area (Å²) < 4.78 is 0. The predicted molar refractivity (Wildman–Crippen MR) is 56.1 cm³/mol. The minimum absolute atomic E-state index is 0.0996. The third-order valence-corrected chi connectivity index (χ3v) is 2.57. The van der Waals surface area contributed by atoms with Crippen molar-refractivity contribution >= 4 is 12.2 Å². The van der Waals surface area contributed by atoms with E-state index >= 15 is 0 Å². The van der Waals surface area contributed by atoms with E-state index in [0.717, 1.165) is 38.5 Å². The molecule has 0 aromatic heterocycles. The maximum atomic E-state index is 11.4. The summed E-state index contributed by atoms with van der Waals surface area (Å²) in [5, 5.41) is 3.66. The topological polar surface area (TPSA) is 38.7 Å². The van der Waals surface area contributed by atoms with Crippen molar-refractivity contribution in [1.82, 2.24) is 0 Å². The lowest BCUT2D eigenvalue weighted by atomic mass is 9.89. The lowest BCUT2D eigenvalue weighted by Crippen LogP contribution is -2.18. The van der Waals surface area contributed by atoms with Crippen LogP contribution in [-0.4, -0.2) is 12.2 Å². The van der Waals surface area contributed by atoms with Crippen molar-refractivity contribution in [3.63, 3.8) is 0 Å². The van der Waals surface area contributed by atoms with Gasteiger partial charge in [0.2, 0.25) is 0 Å². The predicted octanol–water partition coefficient (Wildman–Crippen LogP) is 2.90. The number of carbonyl (C=O) groups is 1. The second-order valence-corrected chi connectivity index (χ2v) is 3.82. The van der Waals surface area contributed by atoms with Crippen molar-refractivity contribution in [2.75, 3.05) is 0 Å². The first-order chi connectivity index (χ1) is 6.84. The van der Waals surface area contributed by atoms with Gasteiger partial charge in [0, 0.05) is 6.21 Å². The maximum Gasteiger partial charge on any atom is 0.338 e. The largest absolute Gasteiger partial charge is 0.338 e. The van der Waals surface area contributed by atoms with E-state index in [0.29, 0.717) is 0 Å². The molecule has 14 heavy (non-hydrogen) atoms. The Bertz CT molecular complexity index is 195. The minimum Gasteiger partial charge on any atom is -0.318 e. The van der Waals surface area contributed by atoms with E-state index in [2.05, 4.69) is 12.1 Å². The van der Waals surface area contributed by atoms with Gasteiger partial charge in [0.15, 0.2) is 0 Å². The Balaban J connectivity index is 2.19. The fourth-order valence-electron chi connectivity index (χ4n) is 1.68. The number of oxime groups is 1. The average molecular weight is 197 g/mol. The molecule has 0 bridgehead atoms. The molecular weight excluding hydrogens is 178 g/mol. The monoisotopic (exact) mass is 197 g/mol. The molecule has 3 nitrogen and oxygen atoms in total. The van der Waals surface area contributed by atoms with Crippen molar-refractivity contribution in [3.8, 4) is 0 Å². The lowest BCUT2D eigenvalue weighted by molar-refractivity contribution is -0.149. The zero-order valence-electron chi connectivity index (χ0n) is 8.87. The summed E-state index contributed by atoms with van der Waals surface area (Å²) in [5.41, 5.74) is 0. The number of hydrogen-bond donors (Lipinski definition) is 0. The van der Waals surface area contributed by atoms with Gasteiger partial charge in [0.05, 0.1) is 5.92 Å². The summed E-state index contributed by atoms with van der Waals surface area (Å²) >= 11 is 0. The van der Waals surface area contributed by atoms with Crippen LogP contribution in [-0.2, 0) is 9.63 Å². The molecule has 0 saturated heterocycles. The summed E-state index contributed by atoms with van der Waals surface area (Å²) in [6.07, 6.45) is 9.08. The quantitative estimate of drug-likeness (QED) is 0.395. The Morgan fingerprint density at radius 3 is 2.79 bits per heavy atom. The van der Waals surface area contributed by atoms with E-state index in [-0.39, 0.29) is 11.9 Å². The average Bonchev–Trinajstić information content (AvgIpc) is 2.25. The molecule has 0 atom stereocenters. The molecule has 0 unspecified atom stereocenters. The summed E-state index contributed by atoms with van der Waals surface area (Å²) in [6, 6.07) is 0. The molecule has 1 aliphatic rings.